The fraction of sp³-hybridized carbons (Fsp3) is 0.200. The summed E-state index contributed by atoms with van der Waals surface area (Å²) in [5.74, 6) is 0.597. The van der Waals surface area contributed by atoms with Crippen molar-refractivity contribution in [3.8, 4) is 0 Å². The molecule has 2 rings (SSSR count). The largest absolute Gasteiger partial charge is 0.999 e. The van der Waals surface area contributed by atoms with Gasteiger partial charge in [-0.3, -0.25) is 6.42 Å². The maximum Gasteiger partial charge on any atom is 0 e. The maximum atomic E-state index is 10.1. The molecule has 1 aromatic carbocycles. The minimum absolute atomic E-state index is 0. The van der Waals surface area contributed by atoms with E-state index in [1.54, 1.807) is 12.5 Å². The average Bonchev–Trinajstić information content (AvgIpc) is 2.80. The summed E-state index contributed by atoms with van der Waals surface area (Å²) in [6, 6.07) is 12.0. The molecule has 1 aliphatic rings. The predicted octanol–water partition coefficient (Wildman–Crippen LogP) is 0.148. The fourth-order valence-corrected chi connectivity index (χ4v) is 1.11. The van der Waals surface area contributed by atoms with Gasteiger partial charge in [0.25, 0.3) is 0 Å². The molecule has 0 radical (unpaired) electrons. The van der Waals surface area contributed by atoms with Gasteiger partial charge in [0, 0.05) is 17.1 Å². The molecule has 0 saturated carbocycles. The van der Waals surface area contributed by atoms with Crippen LogP contribution in [-0.4, -0.2) is 19.9 Å². The zero-order chi connectivity index (χ0) is 12.2. The van der Waals surface area contributed by atoms with Crippen LogP contribution in [0.2, 0.25) is 0 Å². The molecule has 0 spiro atoms. The summed E-state index contributed by atoms with van der Waals surface area (Å²) in [4.78, 5) is 0. The molecule has 1 aromatic rings. The first-order chi connectivity index (χ1) is 7.21. The Morgan fingerprint density at radius 1 is 1.00 bits per heavy atom. The summed E-state index contributed by atoms with van der Waals surface area (Å²) >= 11 is 0. The molecule has 0 bridgehead atoms. The van der Waals surface area contributed by atoms with Crippen molar-refractivity contribution in [1.82, 2.24) is 0 Å². The Hall–Kier alpha value is -0.701. The summed E-state index contributed by atoms with van der Waals surface area (Å²) in [5, 5.41) is 0. The first kappa shape index (κ1) is 20.7. The van der Waals surface area contributed by atoms with E-state index in [0.717, 1.165) is 0 Å². The van der Waals surface area contributed by atoms with E-state index < -0.39 is 9.84 Å². The van der Waals surface area contributed by atoms with Gasteiger partial charge in [-0.15, -0.1) is 0 Å². The van der Waals surface area contributed by atoms with Gasteiger partial charge in [0.05, 0.1) is 9.84 Å². The first-order valence-electron chi connectivity index (χ1n) is 3.46. The normalized spacial score (nSPS) is 13.5. The van der Waals surface area contributed by atoms with Crippen molar-refractivity contribution in [2.75, 3.05) is 11.5 Å². The van der Waals surface area contributed by atoms with E-state index in [-0.39, 0.29) is 17.1 Å². The standard InChI is InChI=1S/C5H.C3H5O2S.2CO.Fe/c1-2-4-5-3-1;4-6(5)2-1-3-6;2*1-2;/h1H;1H,2-3H2;;;/q-5;-1;;;. The zero-order valence-corrected chi connectivity index (χ0v) is 9.88. The van der Waals surface area contributed by atoms with Crippen LogP contribution in [0.1, 0.15) is 0 Å². The second kappa shape index (κ2) is 14.3. The van der Waals surface area contributed by atoms with Crippen LogP contribution in [-0.2, 0) is 36.2 Å². The number of hydrogen-bond acceptors (Lipinski definition) is 2. The Labute approximate surface area is 106 Å². The third-order valence-corrected chi connectivity index (χ3v) is 2.58. The summed E-state index contributed by atoms with van der Waals surface area (Å²) in [6.45, 7) is 9.00. The van der Waals surface area contributed by atoms with Crippen LogP contribution in [0.15, 0.2) is 6.07 Å². The minimum Gasteiger partial charge on any atom is -0.999 e. The van der Waals surface area contributed by atoms with Gasteiger partial charge in [0.15, 0.2) is 0 Å². The third kappa shape index (κ3) is 13.3. The second-order valence-electron chi connectivity index (χ2n) is 2.05. The van der Waals surface area contributed by atoms with Crippen LogP contribution in [0.3, 0.4) is 0 Å². The van der Waals surface area contributed by atoms with Crippen molar-refractivity contribution >= 4 is 9.84 Å². The molecular weight excluding hydrogens is 272 g/mol. The van der Waals surface area contributed by atoms with Gasteiger partial charge in [-0.05, 0) is 0 Å². The van der Waals surface area contributed by atoms with Crippen LogP contribution in [0.4, 0.5) is 0 Å². The number of rotatable bonds is 0. The molecule has 1 fully saturated rings. The smallest absolute Gasteiger partial charge is 0 e. The average molecular weight is 278 g/mol. The van der Waals surface area contributed by atoms with Gasteiger partial charge < -0.3 is 30.3 Å². The SMILES string of the molecule is O=S1(=O)C[CH-]C1.[C-]#[O+].[C-]#[O+].[Fe].[c-]1[c-][c-][cH-][c-]1. The Balaban J connectivity index is -0.000000156. The van der Waals surface area contributed by atoms with E-state index in [2.05, 4.69) is 37.6 Å². The van der Waals surface area contributed by atoms with E-state index >= 15 is 0 Å². The second-order valence-corrected chi connectivity index (χ2v) is 4.20. The Morgan fingerprint density at radius 3 is 1.38 bits per heavy atom. The van der Waals surface area contributed by atoms with Gasteiger partial charge in [-0.25, -0.2) is 8.42 Å². The van der Waals surface area contributed by atoms with Crippen molar-refractivity contribution in [2.45, 2.75) is 0 Å². The van der Waals surface area contributed by atoms with E-state index in [9.17, 15) is 8.42 Å². The quantitative estimate of drug-likeness (QED) is 0.385. The van der Waals surface area contributed by atoms with Crippen molar-refractivity contribution in [3.05, 3.63) is 50.1 Å². The molecule has 4 nitrogen and oxygen atoms in total. The minimum atomic E-state index is -2.54. The molecule has 0 aromatic heterocycles. The van der Waals surface area contributed by atoms with E-state index in [1.807, 2.05) is 0 Å². The van der Waals surface area contributed by atoms with E-state index in [0.29, 0.717) is 11.5 Å². The number of hydrogen-bond donors (Lipinski definition) is 0. The van der Waals surface area contributed by atoms with Crippen LogP contribution in [0.5, 0.6) is 0 Å². The van der Waals surface area contributed by atoms with Gasteiger partial charge in [0.1, 0.15) is 0 Å². The summed E-state index contributed by atoms with van der Waals surface area (Å²) in [5.41, 5.74) is 0. The molecule has 16 heavy (non-hydrogen) atoms. The molecule has 0 aliphatic carbocycles. The van der Waals surface area contributed by atoms with Gasteiger partial charge >= 0.3 is 22.6 Å². The van der Waals surface area contributed by atoms with Gasteiger partial charge in [-0.1, -0.05) is 11.5 Å². The molecule has 1 heterocycles. The molecule has 0 N–H and O–H groups in total. The molecule has 90 valence electrons. The van der Waals surface area contributed by atoms with Crippen LogP contribution >= 0.6 is 0 Å². The maximum absolute atomic E-state index is 10.1. The molecule has 0 atom stereocenters. The molecule has 0 unspecified atom stereocenters. The van der Waals surface area contributed by atoms with Crippen molar-refractivity contribution < 1.29 is 34.8 Å². The molecule has 1 aliphatic heterocycles. The van der Waals surface area contributed by atoms with Gasteiger partial charge in [0.2, 0.25) is 0 Å². The predicted molar refractivity (Wildman–Crippen MR) is 48.2 cm³/mol. The van der Waals surface area contributed by atoms with Crippen LogP contribution in [0, 0.1) is 44.0 Å². The summed E-state index contributed by atoms with van der Waals surface area (Å²) in [7, 11) is -2.54. The summed E-state index contributed by atoms with van der Waals surface area (Å²) < 4.78 is 35.1. The Morgan fingerprint density at radius 2 is 1.31 bits per heavy atom. The van der Waals surface area contributed by atoms with E-state index in [4.69, 9.17) is 9.30 Å². The third-order valence-electron chi connectivity index (χ3n) is 1.09. The van der Waals surface area contributed by atoms with Gasteiger partial charge in [-0.2, -0.15) is 0 Å². The number of sulfone groups is 1. The zero-order valence-electron chi connectivity index (χ0n) is 7.96. The fourth-order valence-electron chi connectivity index (χ4n) is 0.491. The Bertz CT molecular complexity index is 317. The molecule has 6 heteroatoms. The molecule has 0 amide bonds. The van der Waals surface area contributed by atoms with Crippen LogP contribution < -0.4 is 0 Å². The first-order valence-corrected chi connectivity index (χ1v) is 5.28. The van der Waals surface area contributed by atoms with Crippen molar-refractivity contribution in [2.24, 2.45) is 0 Å². The topological polar surface area (TPSA) is 73.9 Å². The van der Waals surface area contributed by atoms with E-state index in [1.165, 1.54) is 0 Å². The molecular formula is C10H6FeO4S-6. The molecule has 1 saturated heterocycles. The monoisotopic (exact) mass is 278 g/mol. The summed E-state index contributed by atoms with van der Waals surface area (Å²) in [6.07, 6.45) is 1.75. The van der Waals surface area contributed by atoms with Crippen LogP contribution in [0.25, 0.3) is 0 Å². The van der Waals surface area contributed by atoms with Crippen molar-refractivity contribution in [1.29, 1.82) is 0 Å². The Kier molecular flexibility index (Phi) is 18.5. The van der Waals surface area contributed by atoms with Crippen molar-refractivity contribution in [3.63, 3.8) is 0 Å².